The summed E-state index contributed by atoms with van der Waals surface area (Å²) in [6.45, 7) is 1.90. The fraction of sp³-hybridized carbons (Fsp3) is 0.308. The van der Waals surface area contributed by atoms with Crippen LogP contribution < -0.4 is 0 Å². The van der Waals surface area contributed by atoms with E-state index in [1.807, 2.05) is 6.92 Å². The van der Waals surface area contributed by atoms with E-state index in [4.69, 9.17) is 11.6 Å². The maximum Gasteiger partial charge on any atom is 0.184 e. The highest BCUT2D eigenvalue weighted by atomic mass is 35.5. The maximum atomic E-state index is 12.8. The van der Waals surface area contributed by atoms with Crippen molar-refractivity contribution >= 4 is 21.4 Å². The van der Waals surface area contributed by atoms with Gasteiger partial charge in [0.25, 0.3) is 0 Å². The number of benzene rings is 1. The van der Waals surface area contributed by atoms with Crippen molar-refractivity contribution in [1.82, 2.24) is 9.78 Å². The number of aryl methyl sites for hydroxylation is 2. The van der Waals surface area contributed by atoms with Crippen LogP contribution >= 0.6 is 11.6 Å². The third-order valence-corrected chi connectivity index (χ3v) is 5.08. The molecule has 0 unspecified atom stereocenters. The Bertz CT molecular complexity index is 724. The van der Waals surface area contributed by atoms with Crippen LogP contribution in [0, 0.1) is 5.82 Å². The van der Waals surface area contributed by atoms with Crippen LogP contribution in [0.2, 0.25) is 5.02 Å². The Morgan fingerprint density at radius 1 is 1.30 bits per heavy atom. The third-order valence-electron chi connectivity index (χ3n) is 3.00. The molecule has 1 aromatic carbocycles. The van der Waals surface area contributed by atoms with Gasteiger partial charge in [-0.15, -0.1) is 0 Å². The van der Waals surface area contributed by atoms with Gasteiger partial charge in [0.15, 0.2) is 9.84 Å². The number of aromatic nitrogens is 2. The average Bonchev–Trinajstić information content (AvgIpc) is 2.66. The first-order valence-corrected chi connectivity index (χ1v) is 8.06. The molecule has 0 aliphatic rings. The van der Waals surface area contributed by atoms with Gasteiger partial charge in [0.2, 0.25) is 0 Å². The predicted octanol–water partition coefficient (Wildman–Crippen LogP) is 2.75. The van der Waals surface area contributed by atoms with E-state index in [0.717, 1.165) is 12.1 Å². The van der Waals surface area contributed by atoms with Crippen LogP contribution in [0.3, 0.4) is 0 Å². The first-order valence-electron chi connectivity index (χ1n) is 6.03. The minimum absolute atomic E-state index is 0.0641. The van der Waals surface area contributed by atoms with Crippen molar-refractivity contribution in [3.8, 4) is 0 Å². The summed E-state index contributed by atoms with van der Waals surface area (Å²) in [5.74, 6) is -0.739. The summed E-state index contributed by atoms with van der Waals surface area (Å²) >= 11 is 6.14. The van der Waals surface area contributed by atoms with Crippen LogP contribution in [0.1, 0.15) is 18.3 Å². The molecule has 0 spiro atoms. The molecule has 0 fully saturated rings. The van der Waals surface area contributed by atoms with Crippen LogP contribution in [0.25, 0.3) is 0 Å². The highest BCUT2D eigenvalue weighted by molar-refractivity contribution is 7.90. The van der Waals surface area contributed by atoms with Gasteiger partial charge < -0.3 is 0 Å². The zero-order chi connectivity index (χ0) is 14.9. The van der Waals surface area contributed by atoms with Gasteiger partial charge in [-0.1, -0.05) is 18.5 Å². The van der Waals surface area contributed by atoms with E-state index in [1.165, 1.54) is 16.8 Å². The Balaban J connectivity index is 2.38. The molecule has 0 aliphatic heterocycles. The lowest BCUT2D eigenvalue weighted by Crippen LogP contribution is -2.09. The molecule has 0 saturated carbocycles. The van der Waals surface area contributed by atoms with Gasteiger partial charge in [-0.05, 0) is 30.7 Å². The smallest absolute Gasteiger partial charge is 0.184 e. The third kappa shape index (κ3) is 2.86. The largest absolute Gasteiger partial charge is 0.270 e. The first-order chi connectivity index (χ1) is 9.35. The van der Waals surface area contributed by atoms with Crippen LogP contribution in [-0.2, 0) is 29.1 Å². The second-order valence-corrected chi connectivity index (χ2v) is 6.77. The molecule has 0 radical (unpaired) electrons. The molecule has 4 nitrogen and oxygen atoms in total. The zero-order valence-corrected chi connectivity index (χ0v) is 12.7. The van der Waals surface area contributed by atoms with Gasteiger partial charge in [0.1, 0.15) is 5.82 Å². The summed E-state index contributed by atoms with van der Waals surface area (Å²) in [5, 5.41) is 4.56. The fourth-order valence-corrected chi connectivity index (χ4v) is 3.73. The summed E-state index contributed by atoms with van der Waals surface area (Å²) in [6, 6.07) is 4.73. The topological polar surface area (TPSA) is 52.0 Å². The summed E-state index contributed by atoms with van der Waals surface area (Å²) in [5.41, 5.74) is 1.10. The summed E-state index contributed by atoms with van der Waals surface area (Å²) in [7, 11) is -1.93. The van der Waals surface area contributed by atoms with Gasteiger partial charge in [-0.2, -0.15) is 5.10 Å². The molecule has 0 amide bonds. The van der Waals surface area contributed by atoms with E-state index >= 15 is 0 Å². The van der Waals surface area contributed by atoms with Gasteiger partial charge >= 0.3 is 0 Å². The van der Waals surface area contributed by atoms with E-state index in [9.17, 15) is 12.8 Å². The van der Waals surface area contributed by atoms with Crippen LogP contribution in [0.4, 0.5) is 4.39 Å². The van der Waals surface area contributed by atoms with E-state index in [-0.39, 0.29) is 10.6 Å². The summed E-state index contributed by atoms with van der Waals surface area (Å²) in [4.78, 5) is 0.0641. The van der Waals surface area contributed by atoms with Crippen molar-refractivity contribution in [2.75, 3.05) is 0 Å². The van der Waals surface area contributed by atoms with Crippen molar-refractivity contribution in [1.29, 1.82) is 0 Å². The normalized spacial score (nSPS) is 11.8. The van der Waals surface area contributed by atoms with Gasteiger partial charge in [-0.25, -0.2) is 12.8 Å². The molecule has 1 heterocycles. The first kappa shape index (κ1) is 15.0. The Hall–Kier alpha value is -1.40. The van der Waals surface area contributed by atoms with Crippen molar-refractivity contribution in [2.45, 2.75) is 24.0 Å². The predicted molar refractivity (Wildman–Crippen MR) is 74.9 cm³/mol. The van der Waals surface area contributed by atoms with Gasteiger partial charge in [0.05, 0.1) is 27.1 Å². The lowest BCUT2D eigenvalue weighted by Gasteiger charge is -2.05. The monoisotopic (exact) mass is 316 g/mol. The molecule has 108 valence electrons. The van der Waals surface area contributed by atoms with Gasteiger partial charge in [0, 0.05) is 7.05 Å². The van der Waals surface area contributed by atoms with E-state index < -0.39 is 15.7 Å². The SMILES string of the molecule is CCc1nn(C)c(CS(=O)(=O)c2ccc(F)cc2)c1Cl. The summed E-state index contributed by atoms with van der Waals surface area (Å²) < 4.78 is 38.9. The number of hydrogen-bond donors (Lipinski definition) is 0. The fourth-order valence-electron chi connectivity index (χ4n) is 1.88. The van der Waals surface area contributed by atoms with Crippen molar-refractivity contribution < 1.29 is 12.8 Å². The van der Waals surface area contributed by atoms with Crippen molar-refractivity contribution in [2.24, 2.45) is 7.05 Å². The quantitative estimate of drug-likeness (QED) is 0.815. The number of nitrogens with zero attached hydrogens (tertiary/aromatic N) is 2. The zero-order valence-electron chi connectivity index (χ0n) is 11.1. The Kier molecular flexibility index (Phi) is 4.15. The Labute approximate surface area is 122 Å². The molecule has 0 atom stereocenters. The molecule has 2 aromatic rings. The molecule has 0 bridgehead atoms. The lowest BCUT2D eigenvalue weighted by atomic mass is 10.3. The van der Waals surface area contributed by atoms with Crippen LogP contribution in [0.5, 0.6) is 0 Å². The number of halogens is 2. The van der Waals surface area contributed by atoms with Crippen LogP contribution in [-0.4, -0.2) is 18.2 Å². The molecule has 2 rings (SSSR count). The Morgan fingerprint density at radius 3 is 2.40 bits per heavy atom. The van der Waals surface area contributed by atoms with E-state index in [2.05, 4.69) is 5.10 Å². The molecule has 20 heavy (non-hydrogen) atoms. The molecule has 7 heteroatoms. The summed E-state index contributed by atoms with van der Waals surface area (Å²) in [6.07, 6.45) is 0.628. The van der Waals surface area contributed by atoms with E-state index in [0.29, 0.717) is 22.8 Å². The number of hydrogen-bond acceptors (Lipinski definition) is 3. The minimum atomic E-state index is -3.58. The highest BCUT2D eigenvalue weighted by Gasteiger charge is 2.22. The average molecular weight is 317 g/mol. The number of sulfone groups is 1. The van der Waals surface area contributed by atoms with Crippen molar-refractivity contribution in [3.05, 3.63) is 46.5 Å². The standard InChI is InChI=1S/C13H14ClFN2O2S/c1-3-11-13(14)12(17(2)16-11)8-20(18,19)10-6-4-9(15)5-7-10/h4-7H,3,8H2,1-2H3. The van der Waals surface area contributed by atoms with Crippen LogP contribution in [0.15, 0.2) is 29.2 Å². The molecule has 0 N–H and O–H groups in total. The molecule has 0 aliphatic carbocycles. The molecular formula is C13H14ClFN2O2S. The molecule has 1 aromatic heterocycles. The lowest BCUT2D eigenvalue weighted by molar-refractivity contribution is 0.590. The maximum absolute atomic E-state index is 12.8. The molecular weight excluding hydrogens is 303 g/mol. The second kappa shape index (κ2) is 5.54. The second-order valence-electron chi connectivity index (χ2n) is 4.40. The van der Waals surface area contributed by atoms with Gasteiger partial charge in [-0.3, -0.25) is 4.68 Å². The number of rotatable bonds is 4. The Morgan fingerprint density at radius 2 is 1.90 bits per heavy atom. The highest BCUT2D eigenvalue weighted by Crippen LogP contribution is 2.25. The van der Waals surface area contributed by atoms with Crippen molar-refractivity contribution in [3.63, 3.8) is 0 Å². The minimum Gasteiger partial charge on any atom is -0.270 e. The molecule has 0 saturated heterocycles. The van der Waals surface area contributed by atoms with E-state index in [1.54, 1.807) is 7.05 Å².